The standard InChI is InChI=1S/C21H23N3O4S/c1-28-13-12-24(16-21(25)23-14-17-6-3-2-4-7-17)29(26,27)20-9-5-8-18-15-22-11-10-19(18)20/h2-11,15H,12-14,16H2,1H3,(H,23,25). The second kappa shape index (κ2) is 9.60. The number of nitrogens with zero attached hydrogens (tertiary/aromatic N) is 2. The molecule has 1 heterocycles. The van der Waals surface area contributed by atoms with Crippen LogP contribution in [-0.4, -0.2) is 50.4 Å². The molecule has 0 saturated carbocycles. The summed E-state index contributed by atoms with van der Waals surface area (Å²) in [7, 11) is -2.42. The molecule has 1 amide bonds. The molecule has 1 N–H and O–H groups in total. The summed E-state index contributed by atoms with van der Waals surface area (Å²) >= 11 is 0. The third kappa shape index (κ3) is 5.17. The van der Waals surface area contributed by atoms with E-state index in [-0.39, 0.29) is 30.5 Å². The molecule has 0 saturated heterocycles. The van der Waals surface area contributed by atoms with Gasteiger partial charge in [-0.1, -0.05) is 42.5 Å². The van der Waals surface area contributed by atoms with Crippen LogP contribution < -0.4 is 5.32 Å². The molecule has 1 aromatic heterocycles. The number of sulfonamides is 1. The molecule has 29 heavy (non-hydrogen) atoms. The molecule has 0 spiro atoms. The minimum atomic E-state index is -3.91. The zero-order valence-electron chi connectivity index (χ0n) is 16.1. The highest BCUT2D eigenvalue weighted by Gasteiger charge is 2.28. The number of hydrogen-bond donors (Lipinski definition) is 1. The highest BCUT2D eigenvalue weighted by molar-refractivity contribution is 7.89. The van der Waals surface area contributed by atoms with E-state index in [4.69, 9.17) is 4.74 Å². The maximum absolute atomic E-state index is 13.3. The van der Waals surface area contributed by atoms with Gasteiger partial charge >= 0.3 is 0 Å². The fourth-order valence-corrected chi connectivity index (χ4v) is 4.54. The lowest BCUT2D eigenvalue weighted by Crippen LogP contribution is -2.42. The molecule has 3 aromatic rings. The number of carbonyl (C=O) groups excluding carboxylic acids is 1. The Morgan fingerprint density at radius 2 is 1.90 bits per heavy atom. The molecule has 8 heteroatoms. The number of fused-ring (bicyclic) bond motifs is 1. The molecular formula is C21H23N3O4S. The summed E-state index contributed by atoms with van der Waals surface area (Å²) in [5, 5.41) is 4.05. The quantitative estimate of drug-likeness (QED) is 0.581. The molecule has 0 radical (unpaired) electrons. The number of aromatic nitrogens is 1. The average molecular weight is 413 g/mol. The van der Waals surface area contributed by atoms with E-state index in [1.165, 1.54) is 7.11 Å². The number of rotatable bonds is 9. The number of carbonyl (C=O) groups is 1. The molecule has 0 aliphatic rings. The lowest BCUT2D eigenvalue weighted by atomic mass is 10.2. The minimum Gasteiger partial charge on any atom is -0.383 e. The Hall–Kier alpha value is -2.81. The summed E-state index contributed by atoms with van der Waals surface area (Å²) in [5.41, 5.74) is 0.939. The highest BCUT2D eigenvalue weighted by Crippen LogP contribution is 2.25. The summed E-state index contributed by atoms with van der Waals surface area (Å²) in [6.45, 7) is 0.286. The first-order valence-electron chi connectivity index (χ1n) is 9.15. The van der Waals surface area contributed by atoms with Gasteiger partial charge < -0.3 is 10.1 Å². The Bertz CT molecular complexity index is 1070. The van der Waals surface area contributed by atoms with Crippen molar-refractivity contribution in [2.24, 2.45) is 0 Å². The van der Waals surface area contributed by atoms with Crippen molar-refractivity contribution in [3.05, 3.63) is 72.6 Å². The zero-order valence-corrected chi connectivity index (χ0v) is 16.9. The summed E-state index contributed by atoms with van der Waals surface area (Å²) in [6.07, 6.45) is 3.16. The molecule has 0 aliphatic heterocycles. The number of methoxy groups -OCH3 is 1. The highest BCUT2D eigenvalue weighted by atomic mass is 32.2. The van der Waals surface area contributed by atoms with Crippen molar-refractivity contribution in [1.82, 2.24) is 14.6 Å². The van der Waals surface area contributed by atoms with E-state index in [0.29, 0.717) is 17.3 Å². The molecule has 152 valence electrons. The monoisotopic (exact) mass is 413 g/mol. The van der Waals surface area contributed by atoms with E-state index < -0.39 is 10.0 Å². The van der Waals surface area contributed by atoms with Gasteiger partial charge in [-0.15, -0.1) is 0 Å². The summed E-state index contributed by atoms with van der Waals surface area (Å²) < 4.78 is 32.9. The van der Waals surface area contributed by atoms with Gasteiger partial charge in [0.25, 0.3) is 0 Å². The SMILES string of the molecule is COCCN(CC(=O)NCc1ccccc1)S(=O)(=O)c1cccc2cnccc12. The van der Waals surface area contributed by atoms with Gasteiger partial charge in [0.15, 0.2) is 0 Å². The molecule has 3 rings (SSSR count). The Morgan fingerprint density at radius 3 is 2.66 bits per heavy atom. The Balaban J connectivity index is 1.82. The van der Waals surface area contributed by atoms with E-state index in [0.717, 1.165) is 9.87 Å². The predicted octanol–water partition coefficient (Wildman–Crippen LogP) is 2.19. The fraction of sp³-hybridized carbons (Fsp3) is 0.238. The van der Waals surface area contributed by atoms with Crippen molar-refractivity contribution >= 4 is 26.7 Å². The van der Waals surface area contributed by atoms with E-state index in [2.05, 4.69) is 10.3 Å². The van der Waals surface area contributed by atoms with Gasteiger partial charge in [-0.2, -0.15) is 4.31 Å². The smallest absolute Gasteiger partial charge is 0.244 e. The van der Waals surface area contributed by atoms with Gasteiger partial charge in [-0.25, -0.2) is 8.42 Å². The van der Waals surface area contributed by atoms with E-state index in [9.17, 15) is 13.2 Å². The predicted molar refractivity (Wildman–Crippen MR) is 111 cm³/mol. The van der Waals surface area contributed by atoms with Crippen LogP contribution in [0.1, 0.15) is 5.56 Å². The average Bonchev–Trinajstić information content (AvgIpc) is 2.75. The lowest BCUT2D eigenvalue weighted by molar-refractivity contribution is -0.121. The van der Waals surface area contributed by atoms with Crippen molar-refractivity contribution < 1.29 is 17.9 Å². The maximum Gasteiger partial charge on any atom is 0.244 e. The van der Waals surface area contributed by atoms with Crippen LogP contribution >= 0.6 is 0 Å². The minimum absolute atomic E-state index is 0.0685. The van der Waals surface area contributed by atoms with Gasteiger partial charge in [0, 0.05) is 43.4 Å². The van der Waals surface area contributed by atoms with Crippen molar-refractivity contribution in [2.45, 2.75) is 11.4 Å². The number of amides is 1. The van der Waals surface area contributed by atoms with Crippen LogP contribution in [0.2, 0.25) is 0 Å². The molecule has 2 aromatic carbocycles. The summed E-state index contributed by atoms with van der Waals surface area (Å²) in [5.74, 6) is -0.379. The van der Waals surface area contributed by atoms with Crippen LogP contribution in [0.25, 0.3) is 10.8 Å². The van der Waals surface area contributed by atoms with E-state index >= 15 is 0 Å². The Morgan fingerprint density at radius 1 is 1.10 bits per heavy atom. The van der Waals surface area contributed by atoms with Crippen LogP contribution in [0.5, 0.6) is 0 Å². The third-order valence-corrected chi connectivity index (χ3v) is 6.36. The number of nitrogens with one attached hydrogen (secondary N) is 1. The molecule has 0 atom stereocenters. The number of ether oxygens (including phenoxy) is 1. The van der Waals surface area contributed by atoms with E-state index in [1.54, 1.807) is 36.7 Å². The molecular weight excluding hydrogens is 390 g/mol. The fourth-order valence-electron chi connectivity index (χ4n) is 2.95. The van der Waals surface area contributed by atoms with Crippen LogP contribution in [0.15, 0.2) is 71.9 Å². The molecule has 0 bridgehead atoms. The van der Waals surface area contributed by atoms with Gasteiger partial charge in [0.1, 0.15) is 0 Å². The van der Waals surface area contributed by atoms with Crippen LogP contribution in [0, 0.1) is 0 Å². The van der Waals surface area contributed by atoms with Gasteiger partial charge in [-0.05, 0) is 17.7 Å². The largest absolute Gasteiger partial charge is 0.383 e. The van der Waals surface area contributed by atoms with Gasteiger partial charge in [0.05, 0.1) is 18.0 Å². The first-order chi connectivity index (χ1) is 14.0. The first-order valence-corrected chi connectivity index (χ1v) is 10.6. The molecule has 0 aliphatic carbocycles. The molecule has 0 unspecified atom stereocenters. The van der Waals surface area contributed by atoms with Crippen LogP contribution in [0.3, 0.4) is 0 Å². The maximum atomic E-state index is 13.3. The molecule has 7 nitrogen and oxygen atoms in total. The van der Waals surface area contributed by atoms with Crippen molar-refractivity contribution in [1.29, 1.82) is 0 Å². The van der Waals surface area contributed by atoms with Gasteiger partial charge in [-0.3, -0.25) is 9.78 Å². The second-order valence-electron chi connectivity index (χ2n) is 6.45. The topological polar surface area (TPSA) is 88.6 Å². The summed E-state index contributed by atoms with van der Waals surface area (Å²) in [4.78, 5) is 16.6. The van der Waals surface area contributed by atoms with E-state index in [1.807, 2.05) is 30.3 Å². The van der Waals surface area contributed by atoms with Gasteiger partial charge in [0.2, 0.25) is 15.9 Å². The lowest BCUT2D eigenvalue weighted by Gasteiger charge is -2.22. The second-order valence-corrected chi connectivity index (χ2v) is 8.35. The molecule has 0 fully saturated rings. The van der Waals surface area contributed by atoms with Crippen molar-refractivity contribution in [3.8, 4) is 0 Å². The Labute approximate surface area is 170 Å². The normalized spacial score (nSPS) is 11.7. The summed E-state index contributed by atoms with van der Waals surface area (Å²) in [6, 6.07) is 16.1. The number of benzene rings is 2. The zero-order chi connectivity index (χ0) is 20.7. The third-order valence-electron chi connectivity index (χ3n) is 4.46. The number of hydrogen-bond acceptors (Lipinski definition) is 5. The van der Waals surface area contributed by atoms with Crippen LogP contribution in [0.4, 0.5) is 0 Å². The number of pyridine rings is 1. The Kier molecular flexibility index (Phi) is 6.92. The van der Waals surface area contributed by atoms with Crippen molar-refractivity contribution in [2.75, 3.05) is 26.8 Å². The first kappa shape index (κ1) is 20.9. The van der Waals surface area contributed by atoms with Crippen LogP contribution in [-0.2, 0) is 26.1 Å². The van der Waals surface area contributed by atoms with Crippen molar-refractivity contribution in [3.63, 3.8) is 0 Å².